The van der Waals surface area contributed by atoms with Gasteiger partial charge in [0.05, 0.1) is 4.47 Å². The van der Waals surface area contributed by atoms with E-state index in [2.05, 4.69) is 26.6 Å². The van der Waals surface area contributed by atoms with E-state index in [4.69, 9.17) is 9.47 Å². The molecule has 6 nitrogen and oxygen atoms in total. The van der Waals surface area contributed by atoms with Gasteiger partial charge in [0.15, 0.2) is 6.61 Å². The van der Waals surface area contributed by atoms with Crippen LogP contribution in [0.3, 0.4) is 0 Å². The van der Waals surface area contributed by atoms with Gasteiger partial charge in [0.25, 0.3) is 11.8 Å². The fraction of sp³-hybridized carbons (Fsp3) is 0.217. The summed E-state index contributed by atoms with van der Waals surface area (Å²) in [6, 6.07) is 18.4. The summed E-state index contributed by atoms with van der Waals surface area (Å²) in [6.45, 7) is 1.02. The average molecular weight is 471 g/mol. The van der Waals surface area contributed by atoms with E-state index in [0.717, 1.165) is 21.7 Å². The number of methoxy groups -OCH3 is 1. The first-order valence-corrected chi connectivity index (χ1v) is 10.3. The maximum absolute atomic E-state index is 12.2. The second-order valence-corrected chi connectivity index (χ2v) is 7.41. The third-order valence-corrected chi connectivity index (χ3v) is 5.25. The summed E-state index contributed by atoms with van der Waals surface area (Å²) in [6.07, 6.45) is 0.754. The quantitative estimate of drug-likeness (QED) is 0.454. The number of benzene rings is 3. The largest absolute Gasteiger partial charge is 0.483 e. The van der Waals surface area contributed by atoms with Crippen molar-refractivity contribution in [3.05, 3.63) is 70.7 Å². The highest BCUT2D eigenvalue weighted by molar-refractivity contribution is 9.10. The Morgan fingerprint density at radius 3 is 2.53 bits per heavy atom. The first-order chi connectivity index (χ1) is 14.6. The summed E-state index contributed by atoms with van der Waals surface area (Å²) in [5.41, 5.74) is 1.12. The molecule has 0 bridgehead atoms. The van der Waals surface area contributed by atoms with E-state index in [0.29, 0.717) is 30.2 Å². The number of rotatable bonds is 9. The number of ether oxygens (including phenoxy) is 2. The molecule has 0 aromatic heterocycles. The molecule has 0 radical (unpaired) electrons. The van der Waals surface area contributed by atoms with Crippen LogP contribution in [0.15, 0.2) is 65.1 Å². The summed E-state index contributed by atoms with van der Waals surface area (Å²) in [7, 11) is 1.63. The molecule has 2 amide bonds. The van der Waals surface area contributed by atoms with Gasteiger partial charge in [-0.1, -0.05) is 30.3 Å². The number of fused-ring (bicyclic) bond motifs is 1. The van der Waals surface area contributed by atoms with Crippen molar-refractivity contribution in [1.82, 2.24) is 5.32 Å². The lowest BCUT2D eigenvalue weighted by Gasteiger charge is -2.11. The summed E-state index contributed by atoms with van der Waals surface area (Å²) in [5, 5.41) is 7.69. The Labute approximate surface area is 183 Å². The van der Waals surface area contributed by atoms with Crippen molar-refractivity contribution in [2.45, 2.75) is 6.42 Å². The van der Waals surface area contributed by atoms with Gasteiger partial charge in [0.1, 0.15) is 5.75 Å². The number of carbonyl (C=O) groups is 2. The number of carbonyl (C=O) groups excluding carboxylic acids is 2. The molecule has 0 aliphatic rings. The highest BCUT2D eigenvalue weighted by Gasteiger charge is 2.10. The van der Waals surface area contributed by atoms with Gasteiger partial charge < -0.3 is 20.1 Å². The fourth-order valence-corrected chi connectivity index (χ4v) is 3.50. The Morgan fingerprint density at radius 1 is 1.00 bits per heavy atom. The summed E-state index contributed by atoms with van der Waals surface area (Å²) < 4.78 is 11.4. The lowest BCUT2D eigenvalue weighted by molar-refractivity contribution is -0.118. The predicted molar refractivity (Wildman–Crippen MR) is 121 cm³/mol. The van der Waals surface area contributed by atoms with Gasteiger partial charge in [-0.05, 0) is 63.5 Å². The smallest absolute Gasteiger partial charge is 0.262 e. The lowest BCUT2D eigenvalue weighted by atomic mass is 10.1. The Morgan fingerprint density at radius 2 is 1.77 bits per heavy atom. The molecular weight excluding hydrogens is 448 g/mol. The molecule has 0 spiro atoms. The van der Waals surface area contributed by atoms with E-state index < -0.39 is 0 Å². The third kappa shape index (κ3) is 5.81. The minimum atomic E-state index is -0.285. The highest BCUT2D eigenvalue weighted by Crippen LogP contribution is 2.33. The van der Waals surface area contributed by atoms with Crippen LogP contribution in [0.25, 0.3) is 10.8 Å². The number of nitrogens with one attached hydrogen (secondary N) is 2. The second-order valence-electron chi connectivity index (χ2n) is 6.62. The van der Waals surface area contributed by atoms with E-state index in [1.165, 1.54) is 0 Å². The second kappa shape index (κ2) is 10.8. The zero-order valence-corrected chi connectivity index (χ0v) is 18.2. The molecule has 0 saturated carbocycles. The van der Waals surface area contributed by atoms with E-state index in [1.54, 1.807) is 31.4 Å². The Kier molecular flexibility index (Phi) is 7.82. The van der Waals surface area contributed by atoms with Crippen LogP contribution in [-0.2, 0) is 9.53 Å². The maximum atomic E-state index is 12.2. The molecule has 7 heteroatoms. The van der Waals surface area contributed by atoms with Crippen molar-refractivity contribution in [3.8, 4) is 5.75 Å². The van der Waals surface area contributed by atoms with Crippen LogP contribution in [-0.4, -0.2) is 38.7 Å². The van der Waals surface area contributed by atoms with E-state index in [1.807, 2.05) is 36.4 Å². The molecule has 0 aliphatic carbocycles. The zero-order chi connectivity index (χ0) is 21.3. The van der Waals surface area contributed by atoms with Crippen LogP contribution in [0.5, 0.6) is 5.75 Å². The van der Waals surface area contributed by atoms with Crippen LogP contribution in [0.2, 0.25) is 0 Å². The molecule has 0 unspecified atom stereocenters. The molecule has 3 rings (SSSR count). The Hall–Kier alpha value is -2.90. The van der Waals surface area contributed by atoms with Gasteiger partial charge in [-0.3, -0.25) is 9.59 Å². The maximum Gasteiger partial charge on any atom is 0.262 e. The molecule has 0 heterocycles. The first kappa shape index (κ1) is 21.8. The van der Waals surface area contributed by atoms with Gasteiger partial charge in [0, 0.05) is 31.5 Å². The van der Waals surface area contributed by atoms with Crippen LogP contribution in [0.4, 0.5) is 5.69 Å². The van der Waals surface area contributed by atoms with Gasteiger partial charge in [-0.2, -0.15) is 0 Å². The fourth-order valence-electron chi connectivity index (χ4n) is 2.89. The average Bonchev–Trinajstić information content (AvgIpc) is 2.77. The van der Waals surface area contributed by atoms with E-state index >= 15 is 0 Å². The van der Waals surface area contributed by atoms with Crippen molar-refractivity contribution in [3.63, 3.8) is 0 Å². The van der Waals surface area contributed by atoms with Crippen LogP contribution >= 0.6 is 15.9 Å². The van der Waals surface area contributed by atoms with Crippen molar-refractivity contribution < 1.29 is 19.1 Å². The molecule has 0 fully saturated rings. The SMILES string of the molecule is COCCCNC(=O)c1ccc(NC(=O)COc2ccc3ccccc3c2Br)cc1. The molecule has 0 aliphatic heterocycles. The van der Waals surface area contributed by atoms with Gasteiger partial charge in [-0.25, -0.2) is 0 Å². The molecular formula is C23H23BrN2O4. The van der Waals surface area contributed by atoms with Gasteiger partial charge in [-0.15, -0.1) is 0 Å². The Bertz CT molecular complexity index is 1020. The van der Waals surface area contributed by atoms with Gasteiger partial charge in [0.2, 0.25) is 0 Å². The molecule has 0 atom stereocenters. The molecule has 3 aromatic carbocycles. The van der Waals surface area contributed by atoms with Crippen LogP contribution in [0, 0.1) is 0 Å². The van der Waals surface area contributed by atoms with Crippen LogP contribution in [0.1, 0.15) is 16.8 Å². The first-order valence-electron chi connectivity index (χ1n) is 9.55. The molecule has 156 valence electrons. The summed E-state index contributed by atoms with van der Waals surface area (Å²) in [5.74, 6) is 0.157. The Balaban J connectivity index is 1.51. The monoisotopic (exact) mass is 470 g/mol. The minimum absolute atomic E-state index is 0.126. The van der Waals surface area contributed by atoms with E-state index in [9.17, 15) is 9.59 Å². The number of halogens is 1. The molecule has 30 heavy (non-hydrogen) atoms. The van der Waals surface area contributed by atoms with Crippen molar-refractivity contribution in [1.29, 1.82) is 0 Å². The predicted octanol–water partition coefficient (Wildman–Crippen LogP) is 4.39. The zero-order valence-electron chi connectivity index (χ0n) is 16.6. The molecule has 0 saturated heterocycles. The number of hydrogen-bond donors (Lipinski definition) is 2. The number of hydrogen-bond acceptors (Lipinski definition) is 4. The van der Waals surface area contributed by atoms with Crippen molar-refractivity contribution in [2.75, 3.05) is 32.2 Å². The molecule has 3 aromatic rings. The topological polar surface area (TPSA) is 76.7 Å². The standard InChI is InChI=1S/C23H23BrN2O4/c1-29-14-4-13-25-23(28)17-7-10-18(11-8-17)26-21(27)15-30-20-12-9-16-5-2-3-6-19(16)22(20)24/h2-3,5-12H,4,13-15H2,1H3,(H,25,28)(H,26,27). The normalized spacial score (nSPS) is 10.6. The number of anilines is 1. The number of amides is 2. The molecule has 2 N–H and O–H groups in total. The lowest BCUT2D eigenvalue weighted by Crippen LogP contribution is -2.25. The van der Waals surface area contributed by atoms with E-state index in [-0.39, 0.29) is 18.4 Å². The van der Waals surface area contributed by atoms with Gasteiger partial charge >= 0.3 is 0 Å². The van der Waals surface area contributed by atoms with Crippen molar-refractivity contribution >= 4 is 44.2 Å². The van der Waals surface area contributed by atoms with Crippen molar-refractivity contribution in [2.24, 2.45) is 0 Å². The third-order valence-electron chi connectivity index (χ3n) is 4.43. The summed E-state index contributed by atoms with van der Waals surface area (Å²) in [4.78, 5) is 24.3. The van der Waals surface area contributed by atoms with Crippen LogP contribution < -0.4 is 15.4 Å². The highest BCUT2D eigenvalue weighted by atomic mass is 79.9. The summed E-state index contributed by atoms with van der Waals surface area (Å²) >= 11 is 3.55. The minimum Gasteiger partial charge on any atom is -0.483 e.